The maximum atomic E-state index is 13.0. The van der Waals surface area contributed by atoms with E-state index in [1.54, 1.807) is 13.8 Å². The van der Waals surface area contributed by atoms with E-state index in [1.807, 2.05) is 0 Å². The largest absolute Gasteiger partial charge is 0.452 e. The van der Waals surface area contributed by atoms with Crippen LogP contribution in [0.5, 0.6) is 0 Å². The van der Waals surface area contributed by atoms with Crippen LogP contribution in [0.15, 0.2) is 40.8 Å². The molecular formula is C17H21FN2O5S. The molecule has 0 atom stereocenters. The number of hydrogen-bond acceptors (Lipinski definition) is 5. The Balaban J connectivity index is 1.90. The van der Waals surface area contributed by atoms with Crippen LogP contribution in [0.2, 0.25) is 0 Å². The Hall–Kier alpha value is -2.26. The molecule has 1 aromatic carbocycles. The number of piperazine rings is 1. The lowest BCUT2D eigenvalue weighted by Crippen LogP contribution is -2.51. The minimum absolute atomic E-state index is 0.00864. The summed E-state index contributed by atoms with van der Waals surface area (Å²) in [4.78, 5) is 25.0. The molecule has 0 N–H and O–H groups in total. The normalized spacial score (nSPS) is 15.4. The van der Waals surface area contributed by atoms with Crippen LogP contribution < -0.4 is 0 Å². The molecule has 0 aliphatic carbocycles. The van der Waals surface area contributed by atoms with Gasteiger partial charge in [0, 0.05) is 32.3 Å². The van der Waals surface area contributed by atoms with Gasteiger partial charge in [0.15, 0.2) is 6.61 Å². The van der Waals surface area contributed by atoms with E-state index >= 15 is 0 Å². The first-order valence-electron chi connectivity index (χ1n) is 8.05. The number of halogens is 1. The van der Waals surface area contributed by atoms with E-state index in [2.05, 4.69) is 0 Å². The zero-order valence-corrected chi connectivity index (χ0v) is 15.5. The van der Waals surface area contributed by atoms with Crippen LogP contribution in [0, 0.1) is 5.82 Å². The maximum absolute atomic E-state index is 13.0. The number of allylic oxidation sites excluding steroid dienone is 1. The van der Waals surface area contributed by atoms with E-state index in [0.717, 1.165) is 17.7 Å². The van der Waals surface area contributed by atoms with Crippen LogP contribution in [0.4, 0.5) is 4.39 Å². The fourth-order valence-electron chi connectivity index (χ4n) is 2.44. The molecule has 1 amide bonds. The summed E-state index contributed by atoms with van der Waals surface area (Å²) in [6.45, 7) is 3.72. The Morgan fingerprint density at radius 2 is 1.69 bits per heavy atom. The van der Waals surface area contributed by atoms with E-state index < -0.39 is 21.8 Å². The summed E-state index contributed by atoms with van der Waals surface area (Å²) in [6.07, 6.45) is 1.29. The van der Waals surface area contributed by atoms with Gasteiger partial charge in [0.25, 0.3) is 5.91 Å². The van der Waals surface area contributed by atoms with Gasteiger partial charge in [-0.05, 0) is 38.1 Å². The molecule has 9 heteroatoms. The first kappa shape index (κ1) is 20.1. The summed E-state index contributed by atoms with van der Waals surface area (Å²) in [5, 5.41) is 0. The summed E-state index contributed by atoms with van der Waals surface area (Å²) in [5.74, 6) is -1.47. The van der Waals surface area contributed by atoms with Crippen LogP contribution in [-0.4, -0.2) is 62.3 Å². The number of benzene rings is 1. The monoisotopic (exact) mass is 384 g/mol. The quantitative estimate of drug-likeness (QED) is 0.562. The Kier molecular flexibility index (Phi) is 6.49. The second kappa shape index (κ2) is 8.41. The van der Waals surface area contributed by atoms with Crippen molar-refractivity contribution in [2.75, 3.05) is 32.8 Å². The number of amides is 1. The van der Waals surface area contributed by atoms with Gasteiger partial charge in [0.1, 0.15) is 5.82 Å². The number of hydrogen-bond donors (Lipinski definition) is 0. The van der Waals surface area contributed by atoms with E-state index in [1.165, 1.54) is 27.4 Å². The Labute approximate surface area is 152 Å². The third kappa shape index (κ3) is 5.12. The van der Waals surface area contributed by atoms with Crippen LogP contribution in [-0.2, 0) is 24.3 Å². The van der Waals surface area contributed by atoms with Crippen LogP contribution in [0.3, 0.4) is 0 Å². The first-order valence-corrected chi connectivity index (χ1v) is 9.49. The van der Waals surface area contributed by atoms with Gasteiger partial charge >= 0.3 is 5.97 Å². The minimum Gasteiger partial charge on any atom is -0.452 e. The van der Waals surface area contributed by atoms with Crippen molar-refractivity contribution in [1.82, 2.24) is 9.21 Å². The number of carbonyl (C=O) groups is 2. The number of sulfonamides is 1. The predicted octanol–water partition coefficient (Wildman–Crippen LogP) is 1.17. The summed E-state index contributed by atoms with van der Waals surface area (Å²) >= 11 is 0. The molecule has 1 aromatic rings. The third-order valence-electron chi connectivity index (χ3n) is 3.79. The minimum atomic E-state index is -3.73. The summed E-state index contributed by atoms with van der Waals surface area (Å²) in [5.41, 5.74) is 0.766. The van der Waals surface area contributed by atoms with Crippen LogP contribution >= 0.6 is 0 Å². The van der Waals surface area contributed by atoms with Crippen LogP contribution in [0.1, 0.15) is 13.8 Å². The molecule has 1 aliphatic heterocycles. The average molecular weight is 384 g/mol. The fraction of sp³-hybridized carbons (Fsp3) is 0.412. The molecule has 2 rings (SSSR count). The second-order valence-corrected chi connectivity index (χ2v) is 8.01. The molecule has 0 saturated carbocycles. The highest BCUT2D eigenvalue weighted by Gasteiger charge is 2.30. The number of rotatable bonds is 5. The molecule has 26 heavy (non-hydrogen) atoms. The molecule has 0 radical (unpaired) electrons. The fourth-order valence-corrected chi connectivity index (χ4v) is 3.86. The van der Waals surface area contributed by atoms with Crippen molar-refractivity contribution in [3.05, 3.63) is 41.7 Å². The number of nitrogens with zero attached hydrogens (tertiary/aromatic N) is 2. The molecule has 7 nitrogen and oxygen atoms in total. The number of esters is 1. The highest BCUT2D eigenvalue weighted by atomic mass is 32.2. The van der Waals surface area contributed by atoms with Gasteiger partial charge in [0.2, 0.25) is 10.0 Å². The smallest absolute Gasteiger partial charge is 0.331 e. The van der Waals surface area contributed by atoms with Gasteiger partial charge in [-0.25, -0.2) is 17.6 Å². The summed E-state index contributed by atoms with van der Waals surface area (Å²) in [7, 11) is -3.73. The molecule has 0 bridgehead atoms. The summed E-state index contributed by atoms with van der Waals surface area (Å²) < 4.78 is 44.1. The predicted molar refractivity (Wildman–Crippen MR) is 92.1 cm³/mol. The zero-order valence-electron chi connectivity index (χ0n) is 14.6. The van der Waals surface area contributed by atoms with Crippen molar-refractivity contribution in [3.8, 4) is 0 Å². The van der Waals surface area contributed by atoms with Gasteiger partial charge in [-0.1, -0.05) is 5.57 Å². The molecule has 0 spiro atoms. The molecule has 0 aromatic heterocycles. The first-order chi connectivity index (χ1) is 12.2. The van der Waals surface area contributed by atoms with Gasteiger partial charge in [-0.2, -0.15) is 4.31 Å². The lowest BCUT2D eigenvalue weighted by atomic mass is 10.3. The van der Waals surface area contributed by atoms with E-state index in [4.69, 9.17) is 4.74 Å². The lowest BCUT2D eigenvalue weighted by molar-refractivity contribution is -0.148. The Morgan fingerprint density at radius 3 is 2.23 bits per heavy atom. The van der Waals surface area contributed by atoms with Crippen LogP contribution in [0.25, 0.3) is 0 Å². The Bertz CT molecular complexity index is 793. The molecule has 142 valence electrons. The second-order valence-electron chi connectivity index (χ2n) is 6.07. The van der Waals surface area contributed by atoms with Crippen molar-refractivity contribution >= 4 is 21.9 Å². The number of ether oxygens (including phenoxy) is 1. The van der Waals surface area contributed by atoms with Crippen molar-refractivity contribution in [1.29, 1.82) is 0 Å². The average Bonchev–Trinajstić information content (AvgIpc) is 2.59. The zero-order chi connectivity index (χ0) is 19.3. The van der Waals surface area contributed by atoms with Crippen molar-refractivity contribution in [3.63, 3.8) is 0 Å². The van der Waals surface area contributed by atoms with Gasteiger partial charge in [-0.3, -0.25) is 4.79 Å². The lowest BCUT2D eigenvalue weighted by Gasteiger charge is -2.33. The molecule has 1 fully saturated rings. The van der Waals surface area contributed by atoms with Crippen molar-refractivity contribution in [2.45, 2.75) is 18.7 Å². The highest BCUT2D eigenvalue weighted by molar-refractivity contribution is 7.89. The highest BCUT2D eigenvalue weighted by Crippen LogP contribution is 2.18. The van der Waals surface area contributed by atoms with Gasteiger partial charge in [0.05, 0.1) is 4.90 Å². The summed E-state index contributed by atoms with van der Waals surface area (Å²) in [6, 6.07) is 4.61. The molecule has 1 saturated heterocycles. The standard InChI is InChI=1S/C17H21FN2O5S/c1-13(2)11-17(22)25-12-16(21)19-7-9-20(10-8-19)26(23,24)15-5-3-14(18)4-6-15/h3-6,11H,7-10,12H2,1-2H3. The number of carbonyl (C=O) groups excluding carboxylic acids is 2. The van der Waals surface area contributed by atoms with Crippen molar-refractivity contribution < 1.29 is 27.1 Å². The van der Waals surface area contributed by atoms with Gasteiger partial charge in [-0.15, -0.1) is 0 Å². The molecule has 1 aliphatic rings. The molecular weight excluding hydrogens is 363 g/mol. The Morgan fingerprint density at radius 1 is 1.12 bits per heavy atom. The SMILES string of the molecule is CC(C)=CC(=O)OCC(=O)N1CCN(S(=O)(=O)c2ccc(F)cc2)CC1. The van der Waals surface area contributed by atoms with Gasteiger partial charge < -0.3 is 9.64 Å². The van der Waals surface area contributed by atoms with E-state index in [-0.39, 0.29) is 43.6 Å². The third-order valence-corrected chi connectivity index (χ3v) is 5.70. The molecule has 0 unspecified atom stereocenters. The van der Waals surface area contributed by atoms with E-state index in [9.17, 15) is 22.4 Å². The van der Waals surface area contributed by atoms with E-state index in [0.29, 0.717) is 0 Å². The van der Waals surface area contributed by atoms with Crippen molar-refractivity contribution in [2.24, 2.45) is 0 Å². The topological polar surface area (TPSA) is 84.0 Å². The maximum Gasteiger partial charge on any atom is 0.331 e. The molecule has 1 heterocycles.